The third kappa shape index (κ3) is 2.38. The standard InChI is InChI=1S/C16H17ClN2/c1-18-15(12-4-7-13(17)8-5-12)14-9-6-11-3-2-10-19-16(11)14/h2-5,7-8,10,14-15,18H,6,9H2,1H3. The first-order valence-corrected chi connectivity index (χ1v) is 7.04. The lowest BCUT2D eigenvalue weighted by molar-refractivity contribution is 0.470. The summed E-state index contributed by atoms with van der Waals surface area (Å²) < 4.78 is 0. The van der Waals surface area contributed by atoms with Gasteiger partial charge in [0.1, 0.15) is 0 Å². The van der Waals surface area contributed by atoms with E-state index in [0.29, 0.717) is 12.0 Å². The van der Waals surface area contributed by atoms with E-state index in [1.807, 2.05) is 31.4 Å². The highest BCUT2D eigenvalue weighted by Crippen LogP contribution is 2.40. The van der Waals surface area contributed by atoms with Crippen LogP contribution in [-0.2, 0) is 6.42 Å². The number of nitrogens with zero attached hydrogens (tertiary/aromatic N) is 1. The van der Waals surface area contributed by atoms with Crippen molar-refractivity contribution in [2.75, 3.05) is 7.05 Å². The molecule has 0 radical (unpaired) electrons. The SMILES string of the molecule is CNC(c1ccc(Cl)cc1)C1CCc2cccnc21. The Kier molecular flexibility index (Phi) is 3.54. The van der Waals surface area contributed by atoms with Crippen LogP contribution in [0.4, 0.5) is 0 Å². The van der Waals surface area contributed by atoms with Crippen molar-refractivity contribution in [1.82, 2.24) is 10.3 Å². The maximum absolute atomic E-state index is 5.97. The molecule has 19 heavy (non-hydrogen) atoms. The zero-order valence-electron chi connectivity index (χ0n) is 10.9. The first kappa shape index (κ1) is 12.6. The molecule has 1 heterocycles. The molecule has 3 rings (SSSR count). The third-order valence-electron chi connectivity index (χ3n) is 3.94. The van der Waals surface area contributed by atoms with Crippen molar-refractivity contribution in [3.8, 4) is 0 Å². The summed E-state index contributed by atoms with van der Waals surface area (Å²) in [6, 6.07) is 12.6. The number of pyridine rings is 1. The van der Waals surface area contributed by atoms with Crippen LogP contribution in [0.25, 0.3) is 0 Å². The molecule has 0 amide bonds. The molecule has 1 aromatic heterocycles. The Morgan fingerprint density at radius 3 is 2.79 bits per heavy atom. The summed E-state index contributed by atoms with van der Waals surface area (Å²) in [7, 11) is 2.01. The fourth-order valence-corrected chi connectivity index (χ4v) is 3.16. The van der Waals surface area contributed by atoms with Crippen LogP contribution in [0.15, 0.2) is 42.6 Å². The first-order valence-electron chi connectivity index (χ1n) is 6.66. The Morgan fingerprint density at radius 2 is 2.05 bits per heavy atom. The van der Waals surface area contributed by atoms with E-state index in [-0.39, 0.29) is 0 Å². The van der Waals surface area contributed by atoms with E-state index in [4.69, 9.17) is 11.6 Å². The topological polar surface area (TPSA) is 24.9 Å². The van der Waals surface area contributed by atoms with Gasteiger partial charge in [0, 0.05) is 28.9 Å². The molecule has 0 aliphatic heterocycles. The van der Waals surface area contributed by atoms with E-state index >= 15 is 0 Å². The molecule has 2 atom stereocenters. The number of halogens is 1. The van der Waals surface area contributed by atoms with Crippen LogP contribution in [0.3, 0.4) is 0 Å². The molecule has 2 nitrogen and oxygen atoms in total. The van der Waals surface area contributed by atoms with Gasteiger partial charge in [-0.25, -0.2) is 0 Å². The summed E-state index contributed by atoms with van der Waals surface area (Å²) in [5, 5.41) is 4.22. The van der Waals surface area contributed by atoms with Gasteiger partial charge in [-0.2, -0.15) is 0 Å². The van der Waals surface area contributed by atoms with E-state index in [1.165, 1.54) is 16.8 Å². The molecule has 1 aliphatic rings. The van der Waals surface area contributed by atoms with Gasteiger partial charge in [-0.05, 0) is 49.2 Å². The molecule has 3 heteroatoms. The van der Waals surface area contributed by atoms with Crippen molar-refractivity contribution in [2.45, 2.75) is 24.8 Å². The zero-order valence-corrected chi connectivity index (χ0v) is 11.7. The summed E-state index contributed by atoms with van der Waals surface area (Å²) in [5.41, 5.74) is 3.91. The van der Waals surface area contributed by atoms with Crippen LogP contribution in [0.2, 0.25) is 5.02 Å². The fourth-order valence-electron chi connectivity index (χ4n) is 3.04. The molecule has 0 bridgehead atoms. The van der Waals surface area contributed by atoms with Crippen LogP contribution in [-0.4, -0.2) is 12.0 Å². The Bertz CT molecular complexity index is 565. The van der Waals surface area contributed by atoms with E-state index in [0.717, 1.165) is 17.9 Å². The maximum Gasteiger partial charge on any atom is 0.0485 e. The molecule has 2 aromatic rings. The molecule has 0 fully saturated rings. The van der Waals surface area contributed by atoms with Gasteiger partial charge in [-0.15, -0.1) is 0 Å². The first-order chi connectivity index (χ1) is 9.29. The van der Waals surface area contributed by atoms with Crippen molar-refractivity contribution in [3.05, 3.63) is 64.4 Å². The minimum Gasteiger partial charge on any atom is -0.312 e. The highest BCUT2D eigenvalue weighted by atomic mass is 35.5. The van der Waals surface area contributed by atoms with Crippen LogP contribution in [0, 0.1) is 0 Å². The second-order valence-corrected chi connectivity index (χ2v) is 5.45. The predicted octanol–water partition coefficient (Wildman–Crippen LogP) is 3.73. The lowest BCUT2D eigenvalue weighted by Crippen LogP contribution is -2.23. The Balaban J connectivity index is 1.94. The van der Waals surface area contributed by atoms with Crippen LogP contribution < -0.4 is 5.32 Å². The van der Waals surface area contributed by atoms with Crippen molar-refractivity contribution in [2.24, 2.45) is 0 Å². The van der Waals surface area contributed by atoms with Gasteiger partial charge in [0.2, 0.25) is 0 Å². The Labute approximate surface area is 118 Å². The van der Waals surface area contributed by atoms with Crippen LogP contribution in [0.5, 0.6) is 0 Å². The van der Waals surface area contributed by atoms with E-state index < -0.39 is 0 Å². The van der Waals surface area contributed by atoms with E-state index in [9.17, 15) is 0 Å². The Morgan fingerprint density at radius 1 is 1.26 bits per heavy atom. The van der Waals surface area contributed by atoms with Gasteiger partial charge in [0.25, 0.3) is 0 Å². The molecule has 0 saturated carbocycles. The quantitative estimate of drug-likeness (QED) is 0.921. The summed E-state index contributed by atoms with van der Waals surface area (Å²) in [5.74, 6) is 0.447. The van der Waals surface area contributed by atoms with Crippen molar-refractivity contribution >= 4 is 11.6 Å². The van der Waals surface area contributed by atoms with Gasteiger partial charge >= 0.3 is 0 Å². The minimum atomic E-state index is 0.299. The number of aryl methyl sites for hydroxylation is 1. The van der Waals surface area contributed by atoms with Gasteiger partial charge in [-0.1, -0.05) is 29.8 Å². The lowest BCUT2D eigenvalue weighted by Gasteiger charge is -2.24. The van der Waals surface area contributed by atoms with E-state index in [1.54, 1.807) is 0 Å². The largest absolute Gasteiger partial charge is 0.312 e. The zero-order chi connectivity index (χ0) is 13.2. The van der Waals surface area contributed by atoms with Gasteiger partial charge < -0.3 is 5.32 Å². The highest BCUT2D eigenvalue weighted by Gasteiger charge is 2.30. The maximum atomic E-state index is 5.97. The molecular formula is C16H17ClN2. The predicted molar refractivity (Wildman–Crippen MR) is 78.6 cm³/mol. The number of nitrogens with one attached hydrogen (secondary N) is 1. The highest BCUT2D eigenvalue weighted by molar-refractivity contribution is 6.30. The summed E-state index contributed by atoms with van der Waals surface area (Å²) >= 11 is 5.97. The summed E-state index contributed by atoms with van der Waals surface area (Å²) in [4.78, 5) is 4.59. The van der Waals surface area contributed by atoms with Crippen molar-refractivity contribution in [1.29, 1.82) is 0 Å². The number of benzene rings is 1. The number of rotatable bonds is 3. The second-order valence-electron chi connectivity index (χ2n) is 5.01. The van der Waals surface area contributed by atoms with Crippen LogP contribution >= 0.6 is 11.6 Å². The molecule has 1 N–H and O–H groups in total. The summed E-state index contributed by atoms with van der Waals surface area (Å²) in [6.07, 6.45) is 4.17. The molecule has 0 saturated heterocycles. The summed E-state index contributed by atoms with van der Waals surface area (Å²) in [6.45, 7) is 0. The molecular weight excluding hydrogens is 256 g/mol. The van der Waals surface area contributed by atoms with Gasteiger partial charge in [0.15, 0.2) is 0 Å². The molecule has 1 aromatic carbocycles. The minimum absolute atomic E-state index is 0.299. The van der Waals surface area contributed by atoms with Gasteiger partial charge in [-0.3, -0.25) is 4.98 Å². The number of hydrogen-bond donors (Lipinski definition) is 1. The number of hydrogen-bond acceptors (Lipinski definition) is 2. The fraction of sp³-hybridized carbons (Fsp3) is 0.312. The lowest BCUT2D eigenvalue weighted by atomic mass is 9.91. The monoisotopic (exact) mass is 272 g/mol. The number of likely N-dealkylation sites (N-methyl/N-ethyl adjacent to an activating group) is 1. The second kappa shape index (κ2) is 5.32. The molecule has 98 valence electrons. The third-order valence-corrected chi connectivity index (χ3v) is 4.20. The number of aromatic nitrogens is 1. The van der Waals surface area contributed by atoms with Crippen molar-refractivity contribution < 1.29 is 0 Å². The smallest absolute Gasteiger partial charge is 0.0485 e. The van der Waals surface area contributed by atoms with Gasteiger partial charge in [0.05, 0.1) is 0 Å². The Hall–Kier alpha value is -1.38. The normalized spacial score (nSPS) is 19.2. The van der Waals surface area contributed by atoms with E-state index in [2.05, 4.69) is 28.5 Å². The molecule has 0 spiro atoms. The number of fused-ring (bicyclic) bond motifs is 1. The molecule has 1 aliphatic carbocycles. The van der Waals surface area contributed by atoms with Crippen LogP contribution in [0.1, 0.15) is 35.2 Å². The van der Waals surface area contributed by atoms with Crippen molar-refractivity contribution in [3.63, 3.8) is 0 Å². The average molecular weight is 273 g/mol. The molecule has 2 unspecified atom stereocenters. The average Bonchev–Trinajstić information content (AvgIpc) is 2.86.